The number of carbonyl (C=O) groups excluding carboxylic acids is 2. The maximum atomic E-state index is 12.5. The summed E-state index contributed by atoms with van der Waals surface area (Å²) in [5.41, 5.74) is -0.822. The second-order valence-electron chi connectivity index (χ2n) is 8.74. The van der Waals surface area contributed by atoms with Crippen LogP contribution >= 0.6 is 22.6 Å². The fourth-order valence-corrected chi connectivity index (χ4v) is 3.47. The number of benzene rings is 1. The van der Waals surface area contributed by atoms with Gasteiger partial charge in [-0.2, -0.15) is 0 Å². The van der Waals surface area contributed by atoms with Gasteiger partial charge < -0.3 is 9.47 Å². The number of ether oxygens (including phenoxy) is 2. The smallest absolute Gasteiger partial charge is 0.338 e. The molecule has 1 aliphatic heterocycles. The van der Waals surface area contributed by atoms with Gasteiger partial charge in [0, 0.05) is 23.9 Å². The summed E-state index contributed by atoms with van der Waals surface area (Å²) in [5.74, 6) is -0.423. The van der Waals surface area contributed by atoms with Gasteiger partial charge in [0.05, 0.1) is 5.56 Å². The number of hydrogen-bond acceptors (Lipinski definition) is 5. The molecule has 27 heavy (non-hydrogen) atoms. The maximum Gasteiger partial charge on any atom is 0.338 e. The first-order valence-electron chi connectivity index (χ1n) is 8.92. The molecule has 1 fully saturated rings. The molecule has 7 heteroatoms. The summed E-state index contributed by atoms with van der Waals surface area (Å²) in [4.78, 5) is 24.4. The van der Waals surface area contributed by atoms with E-state index in [4.69, 9.17) is 9.47 Å². The molecule has 0 amide bonds. The summed E-state index contributed by atoms with van der Waals surface area (Å²) in [6.07, 6.45) is 0.628. The summed E-state index contributed by atoms with van der Waals surface area (Å²) in [5, 5.41) is 13.5. The van der Waals surface area contributed by atoms with Gasteiger partial charge in [0.1, 0.15) is 15.3 Å². The van der Waals surface area contributed by atoms with E-state index in [0.29, 0.717) is 24.2 Å². The normalized spacial score (nSPS) is 20.1. The minimum atomic E-state index is -0.634. The van der Waals surface area contributed by atoms with Crippen molar-refractivity contribution in [1.82, 2.24) is 5.06 Å². The topological polar surface area (TPSA) is 75.7 Å². The van der Waals surface area contributed by atoms with Crippen LogP contribution < -0.4 is 4.74 Å². The van der Waals surface area contributed by atoms with E-state index in [9.17, 15) is 14.8 Å². The van der Waals surface area contributed by atoms with Crippen LogP contribution in [0.3, 0.4) is 0 Å². The molecule has 0 unspecified atom stereocenters. The fraction of sp³-hybridized carbons (Fsp3) is 0.600. The Morgan fingerprint density at radius 1 is 1.07 bits per heavy atom. The SMILES string of the molecule is CC(C)(I)C(=O)Oc1ccc(C(=O)OC2CC(C)(C)N([O])C(C)(C)C2)cc1. The lowest BCUT2D eigenvalue weighted by Crippen LogP contribution is -2.60. The number of rotatable bonds is 4. The number of esters is 2. The molecule has 1 heterocycles. The molecule has 6 nitrogen and oxygen atoms in total. The van der Waals surface area contributed by atoms with E-state index in [1.165, 1.54) is 0 Å². The van der Waals surface area contributed by atoms with E-state index in [-0.39, 0.29) is 12.1 Å². The van der Waals surface area contributed by atoms with Gasteiger partial charge in [-0.3, -0.25) is 4.79 Å². The van der Waals surface area contributed by atoms with Crippen molar-refractivity contribution in [2.45, 2.75) is 75.0 Å². The van der Waals surface area contributed by atoms with Gasteiger partial charge in [0.25, 0.3) is 0 Å². The average molecular weight is 488 g/mol. The largest absolute Gasteiger partial charge is 0.459 e. The lowest BCUT2D eigenvalue weighted by atomic mass is 9.80. The fourth-order valence-electron chi connectivity index (χ4n) is 3.36. The number of nitrogens with zero attached hydrogens (tertiary/aromatic N) is 1. The molecular weight excluding hydrogens is 461 g/mol. The molecule has 0 N–H and O–H groups in total. The van der Waals surface area contributed by atoms with Gasteiger partial charge in [-0.25, -0.2) is 4.79 Å². The summed E-state index contributed by atoms with van der Waals surface area (Å²) < 4.78 is 10.3. The first-order chi connectivity index (χ1) is 12.2. The van der Waals surface area contributed by atoms with Gasteiger partial charge in [-0.15, -0.1) is 10.3 Å². The first kappa shape index (κ1) is 22.1. The van der Waals surface area contributed by atoms with Crippen LogP contribution in [0.5, 0.6) is 5.75 Å². The van der Waals surface area contributed by atoms with E-state index in [1.54, 1.807) is 38.1 Å². The molecule has 0 saturated carbocycles. The third-order valence-electron chi connectivity index (χ3n) is 4.61. The molecule has 1 radical (unpaired) electrons. The summed E-state index contributed by atoms with van der Waals surface area (Å²) in [6, 6.07) is 6.30. The van der Waals surface area contributed by atoms with Gasteiger partial charge in [-0.05, 0) is 65.8 Å². The van der Waals surface area contributed by atoms with Crippen molar-refractivity contribution < 1.29 is 24.3 Å². The van der Waals surface area contributed by atoms with Gasteiger partial charge >= 0.3 is 11.9 Å². The predicted octanol–water partition coefficient (Wildman–Crippen LogP) is 4.33. The van der Waals surface area contributed by atoms with E-state index in [0.717, 1.165) is 5.06 Å². The zero-order chi connectivity index (χ0) is 20.6. The molecule has 0 bridgehead atoms. The van der Waals surface area contributed by atoms with Gasteiger partial charge in [0.2, 0.25) is 0 Å². The second-order valence-corrected chi connectivity index (χ2v) is 11.4. The average Bonchev–Trinajstić information content (AvgIpc) is 2.51. The van der Waals surface area contributed by atoms with Crippen molar-refractivity contribution in [3.63, 3.8) is 0 Å². The maximum absolute atomic E-state index is 12.5. The highest BCUT2D eigenvalue weighted by molar-refractivity contribution is 14.1. The molecule has 1 aromatic rings. The molecule has 1 aliphatic rings. The number of halogens is 1. The van der Waals surface area contributed by atoms with Gasteiger partial charge in [0.15, 0.2) is 0 Å². The molecule has 0 atom stereocenters. The van der Waals surface area contributed by atoms with Crippen LogP contribution in [0.2, 0.25) is 0 Å². The lowest BCUT2D eigenvalue weighted by Gasteiger charge is -2.49. The van der Waals surface area contributed by atoms with Crippen LogP contribution in [0, 0.1) is 0 Å². The number of carbonyl (C=O) groups is 2. The molecule has 149 valence electrons. The molecule has 0 aliphatic carbocycles. The van der Waals surface area contributed by atoms with Crippen molar-refractivity contribution in [3.05, 3.63) is 29.8 Å². The molecule has 2 rings (SSSR count). The summed E-state index contributed by atoms with van der Waals surface area (Å²) in [7, 11) is 0. The monoisotopic (exact) mass is 488 g/mol. The van der Waals surface area contributed by atoms with Crippen LogP contribution in [0.1, 0.15) is 64.7 Å². The minimum Gasteiger partial charge on any atom is -0.459 e. The zero-order valence-corrected chi connectivity index (χ0v) is 18.8. The van der Waals surface area contributed by atoms with E-state index >= 15 is 0 Å². The Labute approximate surface area is 174 Å². The van der Waals surface area contributed by atoms with E-state index in [2.05, 4.69) is 0 Å². The lowest BCUT2D eigenvalue weighted by molar-refractivity contribution is -0.298. The van der Waals surface area contributed by atoms with Crippen molar-refractivity contribution >= 4 is 34.5 Å². The van der Waals surface area contributed by atoms with Gasteiger partial charge in [-0.1, -0.05) is 22.6 Å². The summed E-state index contributed by atoms with van der Waals surface area (Å²) >= 11 is 2.01. The molecule has 1 aromatic carbocycles. The van der Waals surface area contributed by atoms with Crippen LogP contribution in [0.15, 0.2) is 24.3 Å². The zero-order valence-electron chi connectivity index (χ0n) is 16.7. The van der Waals surface area contributed by atoms with Crippen LogP contribution in [0.25, 0.3) is 0 Å². The standard InChI is InChI=1S/C20H27INO5/c1-18(2)11-15(12-19(3,4)22(18)25)26-16(23)13-7-9-14(10-8-13)27-17(24)20(5,6)21/h7-10,15H,11-12H2,1-6H3. The Bertz CT molecular complexity index is 688. The van der Waals surface area contributed by atoms with Crippen molar-refractivity contribution in [2.75, 3.05) is 0 Å². The van der Waals surface area contributed by atoms with Crippen molar-refractivity contribution in [3.8, 4) is 5.75 Å². The Morgan fingerprint density at radius 2 is 1.56 bits per heavy atom. The Kier molecular flexibility index (Phi) is 6.28. The Balaban J connectivity index is 2.03. The van der Waals surface area contributed by atoms with Crippen LogP contribution in [-0.2, 0) is 14.7 Å². The van der Waals surface area contributed by atoms with Crippen molar-refractivity contribution in [1.29, 1.82) is 0 Å². The Morgan fingerprint density at radius 3 is 2.00 bits per heavy atom. The van der Waals surface area contributed by atoms with E-state index < -0.39 is 20.5 Å². The third-order valence-corrected chi connectivity index (χ3v) is 5.05. The summed E-state index contributed by atoms with van der Waals surface area (Å²) in [6.45, 7) is 11.0. The highest BCUT2D eigenvalue weighted by atomic mass is 127. The van der Waals surface area contributed by atoms with Crippen molar-refractivity contribution in [2.24, 2.45) is 0 Å². The Hall–Kier alpha value is -1.19. The van der Waals surface area contributed by atoms with Crippen LogP contribution in [-0.4, -0.2) is 37.6 Å². The molecule has 1 saturated heterocycles. The van der Waals surface area contributed by atoms with E-state index in [1.807, 2.05) is 50.3 Å². The van der Waals surface area contributed by atoms with Crippen LogP contribution in [0.4, 0.5) is 0 Å². The molecule has 0 aromatic heterocycles. The first-order valence-corrected chi connectivity index (χ1v) is 10.00. The molecular formula is C20H27INO5. The third kappa shape index (κ3) is 5.42. The predicted molar refractivity (Wildman–Crippen MR) is 109 cm³/mol. The second kappa shape index (κ2) is 7.67. The number of hydrogen-bond donors (Lipinski definition) is 0. The highest BCUT2D eigenvalue weighted by Gasteiger charge is 2.47. The minimum absolute atomic E-state index is 0.329. The number of alkyl halides is 1. The quantitative estimate of drug-likeness (QED) is 0.273. The number of piperidine rings is 1. The highest BCUT2D eigenvalue weighted by Crippen LogP contribution is 2.38. The number of hydroxylamine groups is 2. The molecule has 0 spiro atoms.